The predicted molar refractivity (Wildman–Crippen MR) is 81.0 cm³/mol. The van der Waals surface area contributed by atoms with Gasteiger partial charge in [0.1, 0.15) is 5.82 Å². The lowest BCUT2D eigenvalue weighted by atomic mass is 10.1. The van der Waals surface area contributed by atoms with Gasteiger partial charge in [-0.15, -0.1) is 5.10 Å². The van der Waals surface area contributed by atoms with Crippen LogP contribution in [0.25, 0.3) is 0 Å². The van der Waals surface area contributed by atoms with E-state index in [1.54, 1.807) is 4.68 Å². The summed E-state index contributed by atoms with van der Waals surface area (Å²) in [6, 6.07) is 2.64. The second-order valence-corrected chi connectivity index (χ2v) is 5.82. The predicted octanol–water partition coefficient (Wildman–Crippen LogP) is 0.616. The van der Waals surface area contributed by atoms with Gasteiger partial charge >= 0.3 is 0 Å². The summed E-state index contributed by atoms with van der Waals surface area (Å²) < 4.78 is 3.71. The number of nitrogens with zero attached hydrogens (tertiary/aromatic N) is 6. The Morgan fingerprint density at radius 2 is 2.24 bits per heavy atom. The maximum atomic E-state index is 4.44. The van der Waals surface area contributed by atoms with Crippen molar-refractivity contribution in [2.75, 3.05) is 18.0 Å². The fourth-order valence-electron chi connectivity index (χ4n) is 2.97. The van der Waals surface area contributed by atoms with Crippen LogP contribution in [0.4, 0.5) is 5.82 Å². The minimum absolute atomic E-state index is 0.482. The molecule has 114 valence electrons. The third-order valence-corrected chi connectivity index (χ3v) is 3.94. The second-order valence-electron chi connectivity index (χ2n) is 5.82. The minimum Gasteiger partial charge on any atom is -0.355 e. The number of anilines is 1. The molecular formula is C14H23N7. The van der Waals surface area contributed by atoms with Crippen LogP contribution in [0, 0.1) is 6.92 Å². The van der Waals surface area contributed by atoms with E-state index < -0.39 is 0 Å². The number of nitrogens with one attached hydrogen (secondary N) is 1. The first kappa shape index (κ1) is 14.1. The molecule has 3 heterocycles. The van der Waals surface area contributed by atoms with Crippen LogP contribution in [-0.2, 0) is 20.6 Å². The van der Waals surface area contributed by atoms with E-state index in [4.69, 9.17) is 0 Å². The monoisotopic (exact) mass is 289 g/mol. The van der Waals surface area contributed by atoms with E-state index in [0.29, 0.717) is 6.04 Å². The van der Waals surface area contributed by atoms with Crippen molar-refractivity contribution in [3.63, 3.8) is 0 Å². The maximum Gasteiger partial charge on any atom is 0.126 e. The van der Waals surface area contributed by atoms with E-state index in [1.807, 2.05) is 31.9 Å². The summed E-state index contributed by atoms with van der Waals surface area (Å²) in [6.45, 7) is 4.93. The van der Waals surface area contributed by atoms with Gasteiger partial charge in [-0.3, -0.25) is 9.36 Å². The number of piperidine rings is 1. The standard InChI is InChI=1S/C14H23N7/c1-11-7-14(20(3)17-11)21-6-4-5-12(10-21)15-8-13-9-19(2)18-16-13/h7,9,12,15H,4-6,8,10H2,1-3H3. The third-order valence-electron chi connectivity index (χ3n) is 3.94. The number of hydrogen-bond acceptors (Lipinski definition) is 5. The topological polar surface area (TPSA) is 63.8 Å². The fraction of sp³-hybridized carbons (Fsp3) is 0.643. The number of aryl methyl sites for hydroxylation is 3. The summed E-state index contributed by atoms with van der Waals surface area (Å²) in [5, 5.41) is 16.1. The molecule has 0 spiro atoms. The molecule has 1 atom stereocenters. The van der Waals surface area contributed by atoms with Crippen LogP contribution in [-0.4, -0.2) is 43.9 Å². The highest BCUT2D eigenvalue weighted by Crippen LogP contribution is 2.20. The van der Waals surface area contributed by atoms with Crippen LogP contribution >= 0.6 is 0 Å². The van der Waals surface area contributed by atoms with Crippen LogP contribution in [0.2, 0.25) is 0 Å². The van der Waals surface area contributed by atoms with E-state index in [-0.39, 0.29) is 0 Å². The van der Waals surface area contributed by atoms with Crippen LogP contribution < -0.4 is 10.2 Å². The molecule has 0 bridgehead atoms. The number of rotatable bonds is 4. The molecule has 1 fully saturated rings. The molecule has 0 saturated carbocycles. The van der Waals surface area contributed by atoms with E-state index in [1.165, 1.54) is 18.7 Å². The molecular weight excluding hydrogens is 266 g/mol. The zero-order valence-corrected chi connectivity index (χ0v) is 13.0. The van der Waals surface area contributed by atoms with Crippen molar-refractivity contribution in [2.24, 2.45) is 14.1 Å². The summed E-state index contributed by atoms with van der Waals surface area (Å²) in [5.74, 6) is 1.21. The van der Waals surface area contributed by atoms with Crippen LogP contribution in [0.15, 0.2) is 12.3 Å². The van der Waals surface area contributed by atoms with Gasteiger partial charge in [-0.1, -0.05) is 5.21 Å². The highest BCUT2D eigenvalue weighted by Gasteiger charge is 2.22. The van der Waals surface area contributed by atoms with Gasteiger partial charge in [-0.25, -0.2) is 0 Å². The largest absolute Gasteiger partial charge is 0.355 e. The van der Waals surface area contributed by atoms with E-state index in [9.17, 15) is 0 Å². The summed E-state index contributed by atoms with van der Waals surface area (Å²) in [7, 11) is 3.91. The lowest BCUT2D eigenvalue weighted by Crippen LogP contribution is -2.46. The lowest BCUT2D eigenvalue weighted by molar-refractivity contribution is 0.415. The normalized spacial score (nSPS) is 19.2. The lowest BCUT2D eigenvalue weighted by Gasteiger charge is -2.34. The fourth-order valence-corrected chi connectivity index (χ4v) is 2.97. The van der Waals surface area contributed by atoms with Crippen LogP contribution in [0.1, 0.15) is 24.2 Å². The highest BCUT2D eigenvalue weighted by molar-refractivity contribution is 5.41. The Balaban J connectivity index is 1.59. The summed E-state index contributed by atoms with van der Waals surface area (Å²) in [5.41, 5.74) is 2.06. The Morgan fingerprint density at radius 1 is 1.38 bits per heavy atom. The van der Waals surface area contributed by atoms with Gasteiger partial charge in [0.15, 0.2) is 0 Å². The zero-order chi connectivity index (χ0) is 14.8. The van der Waals surface area contributed by atoms with Crippen molar-refractivity contribution in [1.82, 2.24) is 30.1 Å². The second kappa shape index (κ2) is 5.85. The van der Waals surface area contributed by atoms with Gasteiger partial charge in [0.2, 0.25) is 0 Å². The molecule has 0 radical (unpaired) electrons. The Hall–Kier alpha value is -1.89. The number of hydrogen-bond donors (Lipinski definition) is 1. The smallest absolute Gasteiger partial charge is 0.126 e. The first-order valence-corrected chi connectivity index (χ1v) is 7.46. The van der Waals surface area contributed by atoms with Crippen molar-refractivity contribution in [3.05, 3.63) is 23.7 Å². The maximum absolute atomic E-state index is 4.44. The van der Waals surface area contributed by atoms with Crippen molar-refractivity contribution >= 4 is 5.82 Å². The van der Waals surface area contributed by atoms with E-state index >= 15 is 0 Å². The molecule has 1 aliphatic rings. The van der Waals surface area contributed by atoms with E-state index in [2.05, 4.69) is 31.7 Å². The van der Waals surface area contributed by atoms with Gasteiger partial charge in [-0.05, 0) is 19.8 Å². The van der Waals surface area contributed by atoms with Gasteiger partial charge in [0.25, 0.3) is 0 Å². The van der Waals surface area contributed by atoms with Crippen molar-refractivity contribution in [1.29, 1.82) is 0 Å². The summed E-state index contributed by atoms with van der Waals surface area (Å²) in [4.78, 5) is 2.41. The molecule has 0 aliphatic carbocycles. The molecule has 7 nitrogen and oxygen atoms in total. The number of aromatic nitrogens is 5. The molecule has 2 aromatic heterocycles. The van der Waals surface area contributed by atoms with Crippen LogP contribution in [0.3, 0.4) is 0 Å². The molecule has 3 rings (SSSR count). The van der Waals surface area contributed by atoms with E-state index in [0.717, 1.165) is 31.0 Å². The first-order chi connectivity index (χ1) is 10.1. The van der Waals surface area contributed by atoms with Gasteiger partial charge < -0.3 is 10.2 Å². The Kier molecular flexibility index (Phi) is 3.92. The Labute approximate surface area is 124 Å². The summed E-state index contributed by atoms with van der Waals surface area (Å²) >= 11 is 0. The quantitative estimate of drug-likeness (QED) is 0.894. The zero-order valence-electron chi connectivity index (χ0n) is 13.0. The van der Waals surface area contributed by atoms with Crippen molar-refractivity contribution in [2.45, 2.75) is 32.4 Å². The molecule has 1 aliphatic heterocycles. The van der Waals surface area contributed by atoms with Gasteiger partial charge in [-0.2, -0.15) is 5.10 Å². The van der Waals surface area contributed by atoms with Crippen LogP contribution in [0.5, 0.6) is 0 Å². The first-order valence-electron chi connectivity index (χ1n) is 7.46. The molecule has 0 amide bonds. The molecule has 21 heavy (non-hydrogen) atoms. The van der Waals surface area contributed by atoms with Gasteiger partial charge in [0.05, 0.1) is 11.4 Å². The van der Waals surface area contributed by atoms with Gasteiger partial charge in [0, 0.05) is 52.0 Å². The SMILES string of the molecule is Cc1cc(N2CCCC(NCc3cn(C)nn3)C2)n(C)n1. The summed E-state index contributed by atoms with van der Waals surface area (Å²) in [6.07, 6.45) is 4.36. The molecule has 1 N–H and O–H groups in total. The third kappa shape index (κ3) is 3.24. The average molecular weight is 289 g/mol. The molecule has 0 aromatic carbocycles. The molecule has 1 saturated heterocycles. The molecule has 7 heteroatoms. The highest BCUT2D eigenvalue weighted by atomic mass is 15.4. The average Bonchev–Trinajstić information content (AvgIpc) is 3.02. The molecule has 1 unspecified atom stereocenters. The van der Waals surface area contributed by atoms with Crippen molar-refractivity contribution in [3.8, 4) is 0 Å². The molecule has 2 aromatic rings. The Bertz CT molecular complexity index is 600. The Morgan fingerprint density at radius 3 is 2.90 bits per heavy atom. The van der Waals surface area contributed by atoms with Crippen molar-refractivity contribution < 1.29 is 0 Å². The minimum atomic E-state index is 0.482.